The maximum atomic E-state index is 13.3. The van der Waals surface area contributed by atoms with Gasteiger partial charge in [0, 0.05) is 17.9 Å². The van der Waals surface area contributed by atoms with Crippen molar-refractivity contribution in [3.63, 3.8) is 0 Å². The first-order chi connectivity index (χ1) is 13.4. The molecule has 11 heteroatoms. The van der Waals surface area contributed by atoms with Gasteiger partial charge in [-0.1, -0.05) is 12.1 Å². The lowest BCUT2D eigenvalue weighted by molar-refractivity contribution is -0.141. The van der Waals surface area contributed by atoms with Crippen LogP contribution >= 0.6 is 0 Å². The van der Waals surface area contributed by atoms with Crippen LogP contribution in [-0.2, 0) is 16.0 Å². The highest BCUT2D eigenvalue weighted by atomic mass is 32.2. The highest BCUT2D eigenvalue weighted by molar-refractivity contribution is 7.90. The van der Waals surface area contributed by atoms with Gasteiger partial charge < -0.3 is 4.74 Å². The molecule has 0 aliphatic rings. The summed E-state index contributed by atoms with van der Waals surface area (Å²) < 4.78 is 94.0. The fraction of sp³-hybridized carbons (Fsp3) is 0.111. The Morgan fingerprint density at radius 2 is 1.55 bits per heavy atom. The molecule has 0 amide bonds. The maximum absolute atomic E-state index is 13.3. The number of halogens is 5. The van der Waals surface area contributed by atoms with Crippen LogP contribution < -0.4 is 4.74 Å². The summed E-state index contributed by atoms with van der Waals surface area (Å²) in [5.74, 6) is -2.72. The lowest BCUT2D eigenvalue weighted by Gasteiger charge is -2.11. The average molecular weight is 430 g/mol. The molecule has 5 nitrogen and oxygen atoms in total. The minimum atomic E-state index is -4.84. The lowest BCUT2D eigenvalue weighted by Crippen LogP contribution is -2.10. The summed E-state index contributed by atoms with van der Waals surface area (Å²) in [4.78, 5) is 7.10. The Morgan fingerprint density at radius 1 is 0.897 bits per heavy atom. The van der Waals surface area contributed by atoms with Gasteiger partial charge >= 0.3 is 12.2 Å². The van der Waals surface area contributed by atoms with Crippen molar-refractivity contribution in [2.45, 2.75) is 11.1 Å². The fourth-order valence-electron chi connectivity index (χ4n) is 2.28. The SMILES string of the molecule is CS(=O)(=O)c1ccc(-c2cc(C(F)(F)F)nc(Oc3ccc(F)c(F)c3)n2)cc1. The van der Waals surface area contributed by atoms with Crippen LogP contribution in [0.5, 0.6) is 11.8 Å². The van der Waals surface area contributed by atoms with Crippen LogP contribution in [0.1, 0.15) is 5.69 Å². The minimum Gasteiger partial charge on any atom is -0.424 e. The largest absolute Gasteiger partial charge is 0.433 e. The van der Waals surface area contributed by atoms with Crippen molar-refractivity contribution in [2.24, 2.45) is 0 Å². The molecule has 0 bridgehead atoms. The Bertz CT molecular complexity index is 1160. The van der Waals surface area contributed by atoms with Crippen molar-refractivity contribution < 1.29 is 35.1 Å². The van der Waals surface area contributed by atoms with Crippen molar-refractivity contribution in [1.29, 1.82) is 0 Å². The van der Waals surface area contributed by atoms with Gasteiger partial charge in [-0.05, 0) is 30.3 Å². The smallest absolute Gasteiger partial charge is 0.424 e. The molecule has 3 aromatic rings. The van der Waals surface area contributed by atoms with Crippen molar-refractivity contribution in [1.82, 2.24) is 9.97 Å². The molecule has 2 aromatic carbocycles. The van der Waals surface area contributed by atoms with E-state index in [0.717, 1.165) is 18.4 Å². The third kappa shape index (κ3) is 4.86. The van der Waals surface area contributed by atoms with Gasteiger partial charge in [-0.15, -0.1) is 0 Å². The molecule has 0 saturated heterocycles. The number of aromatic nitrogens is 2. The molecule has 0 unspecified atom stereocenters. The van der Waals surface area contributed by atoms with Crippen LogP contribution in [0.2, 0.25) is 0 Å². The van der Waals surface area contributed by atoms with Gasteiger partial charge in [0.2, 0.25) is 0 Å². The van der Waals surface area contributed by atoms with Crippen molar-refractivity contribution in [3.8, 4) is 23.0 Å². The number of nitrogens with zero attached hydrogens (tertiary/aromatic N) is 2. The van der Waals surface area contributed by atoms with Crippen LogP contribution in [0.4, 0.5) is 22.0 Å². The van der Waals surface area contributed by atoms with Gasteiger partial charge in [0.1, 0.15) is 5.75 Å². The van der Waals surface area contributed by atoms with Crippen LogP contribution in [0, 0.1) is 11.6 Å². The van der Waals surface area contributed by atoms with E-state index in [1.807, 2.05) is 0 Å². The highest BCUT2D eigenvalue weighted by Crippen LogP contribution is 2.33. The zero-order valence-corrected chi connectivity index (χ0v) is 15.4. The maximum Gasteiger partial charge on any atom is 0.433 e. The van der Waals surface area contributed by atoms with Gasteiger partial charge in [0.15, 0.2) is 27.2 Å². The second-order valence-corrected chi connectivity index (χ2v) is 7.91. The third-order valence-corrected chi connectivity index (χ3v) is 4.80. The topological polar surface area (TPSA) is 69.2 Å². The number of benzene rings is 2. The van der Waals surface area contributed by atoms with E-state index in [2.05, 4.69) is 9.97 Å². The zero-order chi connectivity index (χ0) is 21.4. The molecule has 1 heterocycles. The average Bonchev–Trinajstić information content (AvgIpc) is 2.63. The second kappa shape index (κ2) is 7.39. The molecule has 29 heavy (non-hydrogen) atoms. The highest BCUT2D eigenvalue weighted by Gasteiger charge is 2.34. The Labute approximate surface area is 161 Å². The molecule has 3 rings (SSSR count). The molecule has 0 aliphatic carbocycles. The summed E-state index contributed by atoms with van der Waals surface area (Å²) in [6, 6.07) is 7.29. The Kier molecular flexibility index (Phi) is 5.26. The number of rotatable bonds is 4. The Morgan fingerprint density at radius 3 is 2.10 bits per heavy atom. The quantitative estimate of drug-likeness (QED) is 0.565. The first kappa shape index (κ1) is 20.6. The van der Waals surface area contributed by atoms with E-state index in [1.165, 1.54) is 24.3 Å². The van der Waals surface area contributed by atoms with E-state index in [1.54, 1.807) is 0 Å². The predicted octanol–water partition coefficient (Wildman–Crippen LogP) is 4.64. The summed E-state index contributed by atoms with van der Waals surface area (Å²) in [5, 5.41) is 0. The number of hydrogen-bond acceptors (Lipinski definition) is 5. The number of alkyl halides is 3. The third-order valence-electron chi connectivity index (χ3n) is 3.67. The van der Waals surface area contributed by atoms with Crippen LogP contribution in [0.3, 0.4) is 0 Å². The number of hydrogen-bond donors (Lipinski definition) is 0. The van der Waals surface area contributed by atoms with Gasteiger partial charge in [-0.2, -0.15) is 23.1 Å². The van der Waals surface area contributed by atoms with Gasteiger partial charge in [0.05, 0.1) is 10.6 Å². The zero-order valence-electron chi connectivity index (χ0n) is 14.5. The van der Waals surface area contributed by atoms with Crippen LogP contribution in [0.15, 0.2) is 53.4 Å². The van der Waals surface area contributed by atoms with Gasteiger partial charge in [-0.25, -0.2) is 17.2 Å². The van der Waals surface area contributed by atoms with Gasteiger partial charge in [0.25, 0.3) is 0 Å². The van der Waals surface area contributed by atoms with E-state index in [4.69, 9.17) is 4.74 Å². The summed E-state index contributed by atoms with van der Waals surface area (Å²) in [7, 11) is -3.49. The molecule has 0 N–H and O–H groups in total. The first-order valence-corrected chi connectivity index (χ1v) is 9.72. The number of ether oxygens (including phenoxy) is 1. The first-order valence-electron chi connectivity index (χ1n) is 7.83. The van der Waals surface area contributed by atoms with Crippen molar-refractivity contribution >= 4 is 9.84 Å². The summed E-state index contributed by atoms with van der Waals surface area (Å²) >= 11 is 0. The van der Waals surface area contributed by atoms with Crippen LogP contribution in [0.25, 0.3) is 11.3 Å². The van der Waals surface area contributed by atoms with Gasteiger partial charge in [-0.3, -0.25) is 0 Å². The molecular formula is C18H11F5N2O3S. The summed E-state index contributed by atoms with van der Waals surface area (Å²) in [6.45, 7) is 0. The molecule has 0 fully saturated rings. The van der Waals surface area contributed by atoms with E-state index >= 15 is 0 Å². The number of sulfone groups is 1. The Hall–Kier alpha value is -3.08. The van der Waals surface area contributed by atoms with E-state index < -0.39 is 39.4 Å². The van der Waals surface area contributed by atoms with Crippen molar-refractivity contribution in [3.05, 3.63) is 65.9 Å². The molecule has 0 radical (unpaired) electrons. The molecule has 152 valence electrons. The second-order valence-electron chi connectivity index (χ2n) is 5.89. The normalized spacial score (nSPS) is 12.1. The molecule has 0 spiro atoms. The van der Waals surface area contributed by atoms with Crippen LogP contribution in [-0.4, -0.2) is 24.6 Å². The fourth-order valence-corrected chi connectivity index (χ4v) is 2.91. The van der Waals surface area contributed by atoms with E-state index in [9.17, 15) is 30.4 Å². The van der Waals surface area contributed by atoms with E-state index in [-0.39, 0.29) is 21.9 Å². The summed E-state index contributed by atoms with van der Waals surface area (Å²) in [6.07, 6.45) is -3.85. The standard InChI is InChI=1S/C18H11F5N2O3S/c1-29(26,27)12-5-2-10(3-6-12)15-9-16(18(21,22)23)25-17(24-15)28-11-4-7-13(19)14(20)8-11/h2-9H,1H3. The minimum absolute atomic E-state index is 0.0235. The van der Waals surface area contributed by atoms with Crippen molar-refractivity contribution in [2.75, 3.05) is 6.26 Å². The summed E-state index contributed by atoms with van der Waals surface area (Å²) in [5.41, 5.74) is -1.36. The molecule has 0 atom stereocenters. The Balaban J connectivity index is 2.05. The predicted molar refractivity (Wildman–Crippen MR) is 92.0 cm³/mol. The molecule has 1 aromatic heterocycles. The lowest BCUT2D eigenvalue weighted by atomic mass is 10.1. The monoisotopic (exact) mass is 430 g/mol. The van der Waals surface area contributed by atoms with E-state index in [0.29, 0.717) is 12.1 Å². The molecule has 0 aliphatic heterocycles. The molecule has 0 saturated carbocycles. The molecular weight excluding hydrogens is 419 g/mol.